The van der Waals surface area contributed by atoms with Gasteiger partial charge in [-0.15, -0.1) is 11.3 Å². The molecular weight excluding hydrogens is 230 g/mol. The van der Waals surface area contributed by atoms with Crippen LogP contribution in [0.15, 0.2) is 17.5 Å². The summed E-state index contributed by atoms with van der Waals surface area (Å²) in [5, 5.41) is 11.1. The molecule has 2 rings (SSSR count). The minimum atomic E-state index is -0.569. The van der Waals surface area contributed by atoms with E-state index in [0.717, 1.165) is 32.2 Å². The molecule has 17 heavy (non-hydrogen) atoms. The molecule has 3 nitrogen and oxygen atoms in total. The van der Waals surface area contributed by atoms with Crippen LogP contribution in [-0.4, -0.2) is 23.5 Å². The molecule has 0 radical (unpaired) electrons. The van der Waals surface area contributed by atoms with Crippen LogP contribution in [0.1, 0.15) is 30.6 Å². The quantitative estimate of drug-likeness (QED) is 0.894. The highest BCUT2D eigenvalue weighted by Gasteiger charge is 2.32. The van der Waals surface area contributed by atoms with Gasteiger partial charge < -0.3 is 5.73 Å². The van der Waals surface area contributed by atoms with Gasteiger partial charge in [-0.1, -0.05) is 6.07 Å². The van der Waals surface area contributed by atoms with Crippen molar-refractivity contribution in [1.29, 1.82) is 5.26 Å². The van der Waals surface area contributed by atoms with Crippen LogP contribution >= 0.6 is 11.3 Å². The number of hydrogen-bond donors (Lipinski definition) is 1. The molecule has 2 N–H and O–H groups in total. The maximum atomic E-state index is 9.00. The van der Waals surface area contributed by atoms with Crippen molar-refractivity contribution in [2.75, 3.05) is 7.05 Å². The van der Waals surface area contributed by atoms with E-state index >= 15 is 0 Å². The van der Waals surface area contributed by atoms with Gasteiger partial charge in [0.25, 0.3) is 0 Å². The van der Waals surface area contributed by atoms with E-state index in [-0.39, 0.29) is 0 Å². The molecule has 4 heteroatoms. The molecule has 0 saturated heterocycles. The average molecular weight is 249 g/mol. The van der Waals surface area contributed by atoms with Crippen LogP contribution in [0.3, 0.4) is 0 Å². The first-order valence-electron chi connectivity index (χ1n) is 6.06. The third kappa shape index (κ3) is 3.06. The summed E-state index contributed by atoms with van der Waals surface area (Å²) in [6.07, 6.45) is 3.71. The predicted octanol–water partition coefficient (Wildman–Crippen LogP) is 2.34. The molecule has 1 fully saturated rings. The lowest BCUT2D eigenvalue weighted by Crippen LogP contribution is -2.46. The molecule has 0 amide bonds. The van der Waals surface area contributed by atoms with E-state index in [0.29, 0.717) is 6.04 Å². The average Bonchev–Trinajstić information content (AvgIpc) is 2.83. The second-order valence-corrected chi connectivity index (χ2v) is 6.03. The zero-order valence-corrected chi connectivity index (χ0v) is 11.0. The van der Waals surface area contributed by atoms with Crippen molar-refractivity contribution in [2.45, 2.75) is 43.8 Å². The van der Waals surface area contributed by atoms with Crippen molar-refractivity contribution < 1.29 is 0 Å². The van der Waals surface area contributed by atoms with E-state index in [1.807, 2.05) is 0 Å². The molecule has 1 heterocycles. The van der Waals surface area contributed by atoms with E-state index in [1.54, 1.807) is 11.3 Å². The molecule has 0 aliphatic heterocycles. The maximum Gasteiger partial charge on any atom is 0.104 e. The lowest BCUT2D eigenvalue weighted by atomic mass is 9.81. The molecule has 0 bridgehead atoms. The second kappa shape index (κ2) is 5.18. The molecule has 1 aromatic rings. The fraction of sp³-hybridized carbons (Fsp3) is 0.615. The van der Waals surface area contributed by atoms with Crippen LogP contribution in [0.25, 0.3) is 0 Å². The second-order valence-electron chi connectivity index (χ2n) is 4.99. The molecule has 0 aromatic carbocycles. The molecule has 1 aromatic heterocycles. The van der Waals surface area contributed by atoms with Gasteiger partial charge in [-0.2, -0.15) is 5.26 Å². The van der Waals surface area contributed by atoms with E-state index in [9.17, 15) is 0 Å². The minimum Gasteiger partial charge on any atom is -0.313 e. The predicted molar refractivity (Wildman–Crippen MR) is 70.6 cm³/mol. The van der Waals surface area contributed by atoms with Crippen molar-refractivity contribution in [3.63, 3.8) is 0 Å². The van der Waals surface area contributed by atoms with Gasteiger partial charge >= 0.3 is 0 Å². The third-order valence-corrected chi connectivity index (χ3v) is 4.54. The number of hydrogen-bond acceptors (Lipinski definition) is 4. The summed E-state index contributed by atoms with van der Waals surface area (Å²) in [6.45, 7) is 1.01. The summed E-state index contributed by atoms with van der Waals surface area (Å²) < 4.78 is 0. The molecule has 0 unspecified atom stereocenters. The van der Waals surface area contributed by atoms with Gasteiger partial charge in [-0.05, 0) is 44.2 Å². The van der Waals surface area contributed by atoms with Crippen molar-refractivity contribution in [3.05, 3.63) is 22.4 Å². The van der Waals surface area contributed by atoms with E-state index in [2.05, 4.69) is 35.5 Å². The summed E-state index contributed by atoms with van der Waals surface area (Å²) in [6, 6.07) is 7.08. The van der Waals surface area contributed by atoms with Crippen molar-refractivity contribution >= 4 is 11.3 Å². The molecule has 1 aliphatic carbocycles. The standard InChI is InChI=1S/C13H19N3S/c1-16(9-12-3-2-8-17-12)11-4-6-13(15,10-14)7-5-11/h2-3,8,11H,4-7,9,15H2,1H3. The number of rotatable bonds is 3. The lowest BCUT2D eigenvalue weighted by molar-refractivity contribution is 0.163. The van der Waals surface area contributed by atoms with Crippen molar-refractivity contribution in [1.82, 2.24) is 4.90 Å². The Kier molecular flexibility index (Phi) is 3.82. The first kappa shape index (κ1) is 12.6. The highest BCUT2D eigenvalue weighted by Crippen LogP contribution is 2.29. The Labute approximate surface area is 107 Å². The Balaban J connectivity index is 1.87. The number of nitrogens with zero attached hydrogens (tertiary/aromatic N) is 2. The molecule has 0 atom stereocenters. The van der Waals surface area contributed by atoms with Crippen LogP contribution in [0.5, 0.6) is 0 Å². The highest BCUT2D eigenvalue weighted by molar-refractivity contribution is 7.09. The van der Waals surface area contributed by atoms with Crippen LogP contribution < -0.4 is 5.73 Å². The van der Waals surface area contributed by atoms with Crippen LogP contribution in [-0.2, 0) is 6.54 Å². The zero-order chi connectivity index (χ0) is 12.3. The van der Waals surface area contributed by atoms with Gasteiger partial charge in [0.05, 0.1) is 6.07 Å². The molecular formula is C13H19N3S. The first-order valence-corrected chi connectivity index (χ1v) is 6.94. The Bertz CT molecular complexity index is 385. The van der Waals surface area contributed by atoms with Crippen molar-refractivity contribution in [3.8, 4) is 6.07 Å². The van der Waals surface area contributed by atoms with Gasteiger partial charge in [0.15, 0.2) is 0 Å². The van der Waals surface area contributed by atoms with Crippen LogP contribution in [0.2, 0.25) is 0 Å². The van der Waals surface area contributed by atoms with Gasteiger partial charge in [0, 0.05) is 17.5 Å². The topological polar surface area (TPSA) is 53.0 Å². The minimum absolute atomic E-state index is 0.569. The number of nitriles is 1. The number of nitrogens with two attached hydrogens (primary N) is 1. The highest BCUT2D eigenvalue weighted by atomic mass is 32.1. The number of thiophene rings is 1. The van der Waals surface area contributed by atoms with Crippen LogP contribution in [0.4, 0.5) is 0 Å². The van der Waals surface area contributed by atoms with E-state index in [4.69, 9.17) is 11.0 Å². The van der Waals surface area contributed by atoms with Gasteiger partial charge in [-0.25, -0.2) is 0 Å². The normalized spacial score (nSPS) is 29.2. The monoisotopic (exact) mass is 249 g/mol. The Morgan fingerprint density at radius 2 is 2.29 bits per heavy atom. The molecule has 0 spiro atoms. The SMILES string of the molecule is CN(Cc1cccs1)C1CCC(N)(C#N)CC1. The Morgan fingerprint density at radius 3 is 2.82 bits per heavy atom. The van der Waals surface area contributed by atoms with E-state index < -0.39 is 5.54 Å². The molecule has 92 valence electrons. The first-order chi connectivity index (χ1) is 8.13. The lowest BCUT2D eigenvalue weighted by Gasteiger charge is -2.36. The summed E-state index contributed by atoms with van der Waals surface area (Å²) in [4.78, 5) is 3.79. The maximum absolute atomic E-state index is 9.00. The third-order valence-electron chi connectivity index (χ3n) is 3.68. The summed E-state index contributed by atoms with van der Waals surface area (Å²) in [5.41, 5.74) is 5.41. The fourth-order valence-corrected chi connectivity index (χ4v) is 3.21. The molecule has 1 saturated carbocycles. The summed E-state index contributed by atoms with van der Waals surface area (Å²) in [5.74, 6) is 0. The van der Waals surface area contributed by atoms with Gasteiger partial charge in [-0.3, -0.25) is 4.90 Å². The van der Waals surface area contributed by atoms with Gasteiger partial charge in [0.2, 0.25) is 0 Å². The molecule has 1 aliphatic rings. The smallest absolute Gasteiger partial charge is 0.104 e. The Morgan fingerprint density at radius 1 is 1.59 bits per heavy atom. The van der Waals surface area contributed by atoms with E-state index in [1.165, 1.54) is 4.88 Å². The largest absolute Gasteiger partial charge is 0.313 e. The van der Waals surface area contributed by atoms with Crippen LogP contribution in [0, 0.1) is 11.3 Å². The zero-order valence-electron chi connectivity index (χ0n) is 10.2. The summed E-state index contributed by atoms with van der Waals surface area (Å²) in [7, 11) is 2.17. The van der Waals surface area contributed by atoms with Crippen molar-refractivity contribution in [2.24, 2.45) is 5.73 Å². The fourth-order valence-electron chi connectivity index (χ4n) is 2.45. The summed E-state index contributed by atoms with van der Waals surface area (Å²) >= 11 is 1.80. The Hall–Kier alpha value is -0.890. The van der Waals surface area contributed by atoms with Gasteiger partial charge in [0.1, 0.15) is 5.54 Å².